The molecule has 0 saturated carbocycles. The molecule has 2 rings (SSSR count). The van der Waals surface area contributed by atoms with Crippen LogP contribution in [0.25, 0.3) is 6.08 Å². The van der Waals surface area contributed by atoms with Gasteiger partial charge in [-0.25, -0.2) is 4.79 Å². The Morgan fingerprint density at radius 2 is 1.54 bits per heavy atom. The zero-order valence-corrected chi connectivity index (χ0v) is 13.0. The zero-order valence-electron chi connectivity index (χ0n) is 13.0. The first-order valence-electron chi connectivity index (χ1n) is 7.07. The van der Waals surface area contributed by atoms with E-state index in [-0.39, 0.29) is 5.91 Å². The molecule has 0 bridgehead atoms. The Hall–Kier alpha value is -3.41. The highest BCUT2D eigenvalue weighted by Gasteiger charge is 2.04. The molecule has 3 N–H and O–H groups in total. The number of ether oxygens (including phenoxy) is 1. The van der Waals surface area contributed by atoms with Gasteiger partial charge < -0.3 is 15.8 Å². The standard InChI is InChI=1S/C18H16N2O4/c1-24-18(23)14-5-2-12(3-6-14)4-11-16(21)20-15-9-7-13(8-10-15)17(19)22/h2-11H,1H3,(H2,19,22)(H,20,21)/b11-4+. The Labute approximate surface area is 138 Å². The molecule has 122 valence electrons. The number of hydrogen-bond donors (Lipinski definition) is 2. The van der Waals surface area contributed by atoms with Crippen molar-refractivity contribution >= 4 is 29.5 Å². The average Bonchev–Trinajstić information content (AvgIpc) is 2.60. The molecule has 0 aromatic heterocycles. The van der Waals surface area contributed by atoms with Gasteiger partial charge in [0.2, 0.25) is 11.8 Å². The van der Waals surface area contributed by atoms with Gasteiger partial charge in [0.1, 0.15) is 0 Å². The maximum atomic E-state index is 11.9. The molecule has 2 amide bonds. The van der Waals surface area contributed by atoms with Gasteiger partial charge in [-0.2, -0.15) is 0 Å². The third kappa shape index (κ3) is 4.54. The van der Waals surface area contributed by atoms with E-state index in [1.807, 2.05) is 0 Å². The van der Waals surface area contributed by atoms with E-state index in [1.54, 1.807) is 42.5 Å². The second-order valence-electron chi connectivity index (χ2n) is 4.88. The summed E-state index contributed by atoms with van der Waals surface area (Å²) >= 11 is 0. The summed E-state index contributed by atoms with van der Waals surface area (Å²) in [5.74, 6) is -1.26. The third-order valence-electron chi connectivity index (χ3n) is 3.20. The first-order chi connectivity index (χ1) is 11.5. The van der Waals surface area contributed by atoms with Gasteiger partial charge >= 0.3 is 5.97 Å². The van der Waals surface area contributed by atoms with Crippen LogP contribution in [-0.4, -0.2) is 24.9 Å². The average molecular weight is 324 g/mol. The number of nitrogens with two attached hydrogens (primary N) is 1. The summed E-state index contributed by atoms with van der Waals surface area (Å²) in [7, 11) is 1.32. The lowest BCUT2D eigenvalue weighted by Gasteiger charge is -2.03. The maximum absolute atomic E-state index is 11.9. The number of anilines is 1. The van der Waals surface area contributed by atoms with Crippen LogP contribution in [-0.2, 0) is 9.53 Å². The number of benzene rings is 2. The number of methoxy groups -OCH3 is 1. The highest BCUT2D eigenvalue weighted by molar-refractivity contribution is 6.02. The molecule has 6 nitrogen and oxygen atoms in total. The molecule has 6 heteroatoms. The lowest BCUT2D eigenvalue weighted by atomic mass is 10.1. The van der Waals surface area contributed by atoms with Crippen LogP contribution in [0.3, 0.4) is 0 Å². The van der Waals surface area contributed by atoms with Crippen LogP contribution in [0.15, 0.2) is 54.6 Å². The number of nitrogens with one attached hydrogen (secondary N) is 1. The Kier molecular flexibility index (Phi) is 5.46. The van der Waals surface area contributed by atoms with Gasteiger partial charge in [0.05, 0.1) is 12.7 Å². The van der Waals surface area contributed by atoms with Gasteiger partial charge in [-0.1, -0.05) is 12.1 Å². The fourth-order valence-corrected chi connectivity index (χ4v) is 1.92. The van der Waals surface area contributed by atoms with E-state index in [9.17, 15) is 14.4 Å². The summed E-state index contributed by atoms with van der Waals surface area (Å²) in [4.78, 5) is 34.2. The molecule has 0 radical (unpaired) electrons. The smallest absolute Gasteiger partial charge is 0.337 e. The summed E-state index contributed by atoms with van der Waals surface area (Å²) in [5, 5.41) is 2.67. The monoisotopic (exact) mass is 324 g/mol. The van der Waals surface area contributed by atoms with Crippen LogP contribution in [0.4, 0.5) is 5.69 Å². The molecule has 0 aliphatic rings. The van der Waals surface area contributed by atoms with Crippen molar-refractivity contribution in [3.63, 3.8) is 0 Å². The van der Waals surface area contributed by atoms with Crippen molar-refractivity contribution in [1.29, 1.82) is 0 Å². The molecule has 0 aliphatic heterocycles. The molecule has 0 saturated heterocycles. The second-order valence-corrected chi connectivity index (χ2v) is 4.88. The number of esters is 1. The third-order valence-corrected chi connectivity index (χ3v) is 3.20. The molecule has 0 fully saturated rings. The SMILES string of the molecule is COC(=O)c1ccc(/C=C/C(=O)Nc2ccc(C(N)=O)cc2)cc1. The van der Waals surface area contributed by atoms with Gasteiger partial charge in [0, 0.05) is 17.3 Å². The normalized spacial score (nSPS) is 10.4. The molecule has 2 aromatic carbocycles. The summed E-state index contributed by atoms with van der Waals surface area (Å²) < 4.78 is 4.61. The van der Waals surface area contributed by atoms with E-state index >= 15 is 0 Å². The highest BCUT2D eigenvalue weighted by Crippen LogP contribution is 2.10. The van der Waals surface area contributed by atoms with E-state index < -0.39 is 11.9 Å². The largest absolute Gasteiger partial charge is 0.465 e. The van der Waals surface area contributed by atoms with Crippen molar-refractivity contribution < 1.29 is 19.1 Å². The zero-order chi connectivity index (χ0) is 17.5. The minimum atomic E-state index is -0.525. The van der Waals surface area contributed by atoms with E-state index in [0.717, 1.165) is 5.56 Å². The Balaban J connectivity index is 1.97. The van der Waals surface area contributed by atoms with Crippen LogP contribution in [0, 0.1) is 0 Å². The fraction of sp³-hybridized carbons (Fsp3) is 0.0556. The van der Waals surface area contributed by atoms with E-state index in [4.69, 9.17) is 5.73 Å². The topological polar surface area (TPSA) is 98.5 Å². The van der Waals surface area contributed by atoms with E-state index in [2.05, 4.69) is 10.1 Å². The summed E-state index contributed by atoms with van der Waals surface area (Å²) in [6, 6.07) is 12.9. The van der Waals surface area contributed by atoms with Crippen LogP contribution >= 0.6 is 0 Å². The van der Waals surface area contributed by atoms with Gasteiger partial charge in [0.25, 0.3) is 0 Å². The molecular weight excluding hydrogens is 308 g/mol. The number of amides is 2. The quantitative estimate of drug-likeness (QED) is 0.651. The van der Waals surface area contributed by atoms with Gasteiger partial charge in [-0.15, -0.1) is 0 Å². The van der Waals surface area contributed by atoms with Crippen molar-refractivity contribution in [1.82, 2.24) is 0 Å². The van der Waals surface area contributed by atoms with Crippen LogP contribution in [0.2, 0.25) is 0 Å². The lowest BCUT2D eigenvalue weighted by Crippen LogP contribution is -2.11. The Morgan fingerprint density at radius 1 is 0.958 bits per heavy atom. The van der Waals surface area contributed by atoms with Crippen LogP contribution < -0.4 is 11.1 Å². The Morgan fingerprint density at radius 3 is 2.08 bits per heavy atom. The first-order valence-corrected chi connectivity index (χ1v) is 7.07. The maximum Gasteiger partial charge on any atom is 0.337 e. The fourth-order valence-electron chi connectivity index (χ4n) is 1.92. The highest BCUT2D eigenvalue weighted by atomic mass is 16.5. The van der Waals surface area contributed by atoms with Gasteiger partial charge in [-0.3, -0.25) is 9.59 Å². The summed E-state index contributed by atoms with van der Waals surface area (Å²) in [5.41, 5.74) is 7.27. The lowest BCUT2D eigenvalue weighted by molar-refractivity contribution is -0.111. The van der Waals surface area contributed by atoms with Crippen molar-refractivity contribution in [3.8, 4) is 0 Å². The van der Waals surface area contributed by atoms with Crippen molar-refractivity contribution in [2.75, 3.05) is 12.4 Å². The van der Waals surface area contributed by atoms with Crippen molar-refractivity contribution in [2.24, 2.45) is 5.73 Å². The van der Waals surface area contributed by atoms with Crippen LogP contribution in [0.5, 0.6) is 0 Å². The Bertz CT molecular complexity index is 778. The summed E-state index contributed by atoms with van der Waals surface area (Å²) in [6.45, 7) is 0. The minimum absolute atomic E-state index is 0.320. The minimum Gasteiger partial charge on any atom is -0.465 e. The predicted octanol–water partition coefficient (Wildman–Crippen LogP) is 2.22. The number of carbonyl (C=O) groups excluding carboxylic acids is 3. The molecular formula is C18H16N2O4. The van der Waals surface area contributed by atoms with Gasteiger partial charge in [0.15, 0.2) is 0 Å². The van der Waals surface area contributed by atoms with E-state index in [1.165, 1.54) is 25.3 Å². The molecule has 0 unspecified atom stereocenters. The van der Waals surface area contributed by atoms with E-state index in [0.29, 0.717) is 16.8 Å². The predicted molar refractivity (Wildman–Crippen MR) is 90.4 cm³/mol. The molecule has 2 aromatic rings. The van der Waals surface area contributed by atoms with Crippen molar-refractivity contribution in [2.45, 2.75) is 0 Å². The molecule has 0 spiro atoms. The number of rotatable bonds is 5. The number of hydrogen-bond acceptors (Lipinski definition) is 4. The number of primary amides is 1. The first kappa shape index (κ1) is 17.0. The molecule has 0 heterocycles. The molecule has 0 aliphatic carbocycles. The molecule has 24 heavy (non-hydrogen) atoms. The summed E-state index contributed by atoms with van der Waals surface area (Å²) in [6.07, 6.45) is 2.99. The van der Waals surface area contributed by atoms with Crippen LogP contribution in [0.1, 0.15) is 26.3 Å². The molecule has 0 atom stereocenters. The van der Waals surface area contributed by atoms with Gasteiger partial charge in [-0.05, 0) is 48.0 Å². The number of carbonyl (C=O) groups is 3. The second kappa shape index (κ2) is 7.73. The van der Waals surface area contributed by atoms with Crippen molar-refractivity contribution in [3.05, 3.63) is 71.3 Å².